The number of benzene rings is 4. The van der Waals surface area contributed by atoms with E-state index in [2.05, 4.69) is 141 Å². The molecular weight excluding hydrogens is 547 g/mol. The van der Waals surface area contributed by atoms with Crippen LogP contribution in [0.2, 0.25) is 0 Å². The number of aromatic nitrogens is 2. The molecule has 0 N–H and O–H groups in total. The van der Waals surface area contributed by atoms with E-state index in [1.807, 2.05) is 6.20 Å². The molecule has 45 heavy (non-hydrogen) atoms. The van der Waals surface area contributed by atoms with Gasteiger partial charge in [-0.2, -0.15) is 0 Å². The Morgan fingerprint density at radius 3 is 1.82 bits per heavy atom. The lowest BCUT2D eigenvalue weighted by atomic mass is 9.34. The molecule has 0 saturated heterocycles. The summed E-state index contributed by atoms with van der Waals surface area (Å²) < 4.78 is 8.30. The molecule has 0 aliphatic rings. The van der Waals surface area contributed by atoms with E-state index in [-0.39, 0.29) is 6.71 Å². The van der Waals surface area contributed by atoms with Crippen molar-refractivity contribution in [2.75, 3.05) is 6.61 Å². The van der Waals surface area contributed by atoms with Gasteiger partial charge >= 0.3 is 0 Å². The molecule has 0 aliphatic carbocycles. The summed E-state index contributed by atoms with van der Waals surface area (Å²) in [6.07, 6.45) is 5.15. The van der Waals surface area contributed by atoms with Gasteiger partial charge in [-0.15, -0.1) is 0 Å². The predicted octanol–water partition coefficient (Wildman–Crippen LogP) is 8.09. The maximum absolute atomic E-state index is 6.04. The van der Waals surface area contributed by atoms with Crippen molar-refractivity contribution >= 4 is 23.1 Å². The van der Waals surface area contributed by atoms with Gasteiger partial charge in [0.05, 0.1) is 12.3 Å². The quantitative estimate of drug-likeness (QED) is 0.152. The number of aryl methyl sites for hydroxylation is 8. The van der Waals surface area contributed by atoms with Gasteiger partial charge in [0.2, 0.25) is 6.71 Å². The molecule has 1 unspecified atom stereocenters. The van der Waals surface area contributed by atoms with Crippen molar-refractivity contribution in [1.82, 2.24) is 9.55 Å². The van der Waals surface area contributed by atoms with Gasteiger partial charge in [0, 0.05) is 24.6 Å². The summed E-state index contributed by atoms with van der Waals surface area (Å²) in [5, 5.41) is 0. The van der Waals surface area contributed by atoms with Crippen LogP contribution in [0.4, 0.5) is 0 Å². The maximum atomic E-state index is 6.04. The Morgan fingerprint density at radius 1 is 0.733 bits per heavy atom. The van der Waals surface area contributed by atoms with Gasteiger partial charge < -0.3 is 4.74 Å². The van der Waals surface area contributed by atoms with E-state index in [1.54, 1.807) is 0 Å². The predicted molar refractivity (Wildman–Crippen MR) is 194 cm³/mol. The van der Waals surface area contributed by atoms with Crippen LogP contribution in [-0.4, -0.2) is 22.9 Å². The smallest absolute Gasteiger partial charge is 0.242 e. The lowest BCUT2D eigenvalue weighted by Gasteiger charge is -2.25. The molecule has 0 spiro atoms. The van der Waals surface area contributed by atoms with Crippen molar-refractivity contribution in [1.29, 1.82) is 0 Å². The highest BCUT2D eigenvalue weighted by Crippen LogP contribution is 2.27. The van der Waals surface area contributed by atoms with Gasteiger partial charge in [0.25, 0.3) is 0 Å². The molecule has 5 aromatic rings. The zero-order chi connectivity index (χ0) is 32.4. The molecule has 0 saturated carbocycles. The summed E-state index contributed by atoms with van der Waals surface area (Å²) >= 11 is 0. The summed E-state index contributed by atoms with van der Waals surface area (Å²) in [4.78, 5) is 4.92. The summed E-state index contributed by atoms with van der Waals surface area (Å²) in [5.41, 5.74) is 18.0. The second-order valence-corrected chi connectivity index (χ2v) is 13.4. The minimum Gasteiger partial charge on any atom is -0.376 e. The van der Waals surface area contributed by atoms with Crippen molar-refractivity contribution in [2.24, 2.45) is 5.92 Å². The fourth-order valence-corrected chi connectivity index (χ4v) is 7.33. The van der Waals surface area contributed by atoms with Crippen LogP contribution in [0, 0.1) is 61.3 Å². The van der Waals surface area contributed by atoms with Crippen LogP contribution in [0.3, 0.4) is 0 Å². The summed E-state index contributed by atoms with van der Waals surface area (Å²) in [6.45, 7) is 23.9. The number of hydrogen-bond acceptors (Lipinski definition) is 2. The van der Waals surface area contributed by atoms with E-state index in [0.29, 0.717) is 12.5 Å². The van der Waals surface area contributed by atoms with Crippen LogP contribution in [0.15, 0.2) is 73.1 Å². The Labute approximate surface area is 271 Å². The SMILES string of the molecule is CCC(C)COCc1cc(C)c(-n2ccnc2-c2cccc(B(c3c(C)cc(C)cc3C)c3c(C)cc(C)cc3C)c2)c(C)c1. The summed E-state index contributed by atoms with van der Waals surface area (Å²) in [7, 11) is 0. The van der Waals surface area contributed by atoms with E-state index >= 15 is 0 Å². The van der Waals surface area contributed by atoms with Crippen LogP contribution in [0.1, 0.15) is 70.3 Å². The average molecular weight is 597 g/mol. The molecule has 0 fully saturated rings. The van der Waals surface area contributed by atoms with Crippen molar-refractivity contribution in [3.05, 3.63) is 123 Å². The molecule has 0 amide bonds. The monoisotopic (exact) mass is 596 g/mol. The van der Waals surface area contributed by atoms with Crippen LogP contribution in [0.5, 0.6) is 0 Å². The zero-order valence-electron chi connectivity index (χ0n) is 29.0. The van der Waals surface area contributed by atoms with Crippen molar-refractivity contribution in [2.45, 2.75) is 82.3 Å². The highest BCUT2D eigenvalue weighted by atomic mass is 16.5. The van der Waals surface area contributed by atoms with Crippen LogP contribution in [0.25, 0.3) is 17.1 Å². The second-order valence-electron chi connectivity index (χ2n) is 13.4. The van der Waals surface area contributed by atoms with Gasteiger partial charge in [-0.1, -0.05) is 131 Å². The summed E-state index contributed by atoms with van der Waals surface area (Å²) in [5.74, 6) is 1.53. The van der Waals surface area contributed by atoms with Crippen LogP contribution >= 0.6 is 0 Å². The first kappa shape index (κ1) is 32.5. The molecule has 1 atom stereocenters. The van der Waals surface area contributed by atoms with E-state index in [0.717, 1.165) is 24.4 Å². The Morgan fingerprint density at radius 2 is 1.29 bits per heavy atom. The fourth-order valence-electron chi connectivity index (χ4n) is 7.33. The number of ether oxygens (including phenoxy) is 1. The normalized spacial score (nSPS) is 12.0. The van der Waals surface area contributed by atoms with Crippen LogP contribution in [-0.2, 0) is 11.3 Å². The van der Waals surface area contributed by atoms with Crippen molar-refractivity contribution in [3.8, 4) is 17.1 Å². The molecule has 0 radical (unpaired) electrons. The Kier molecular flexibility index (Phi) is 9.84. The molecule has 3 nitrogen and oxygen atoms in total. The number of nitrogens with zero attached hydrogens (tertiary/aromatic N) is 2. The standard InChI is InChI=1S/C41H49BN2O/c1-11-26(2)24-45-25-35-21-33(9)40(34(10)22-35)44-16-15-43-41(44)36-13-12-14-37(23-36)42(38-29(5)17-27(3)18-30(38)6)39-31(7)19-28(4)20-32(39)8/h12-23,26H,11,24-25H2,1-10H3. The van der Waals surface area contributed by atoms with E-state index in [4.69, 9.17) is 9.72 Å². The lowest BCUT2D eigenvalue weighted by molar-refractivity contribution is 0.0910. The minimum atomic E-state index is 0.118. The topological polar surface area (TPSA) is 27.1 Å². The van der Waals surface area contributed by atoms with Crippen molar-refractivity contribution in [3.63, 3.8) is 0 Å². The Balaban J connectivity index is 1.60. The summed E-state index contributed by atoms with van der Waals surface area (Å²) in [6, 6.07) is 22.9. The number of hydrogen-bond donors (Lipinski definition) is 0. The Bertz CT molecular complexity index is 1710. The number of rotatable bonds is 10. The van der Waals surface area contributed by atoms with Crippen molar-refractivity contribution < 1.29 is 4.74 Å². The molecule has 0 aliphatic heterocycles. The molecular formula is C41H49BN2O. The first-order valence-corrected chi connectivity index (χ1v) is 16.5. The van der Waals surface area contributed by atoms with Gasteiger partial charge in [0.1, 0.15) is 5.82 Å². The van der Waals surface area contributed by atoms with Gasteiger partial charge in [-0.3, -0.25) is 4.57 Å². The number of imidazole rings is 1. The molecule has 1 heterocycles. The van der Waals surface area contributed by atoms with E-state index in [9.17, 15) is 0 Å². The average Bonchev–Trinajstić information content (AvgIpc) is 3.44. The Hall–Kier alpha value is -3.89. The molecule has 4 aromatic carbocycles. The minimum absolute atomic E-state index is 0.118. The third kappa shape index (κ3) is 6.87. The molecule has 1 aromatic heterocycles. The van der Waals surface area contributed by atoms with Gasteiger partial charge in [-0.05, 0) is 78.0 Å². The highest BCUT2D eigenvalue weighted by molar-refractivity contribution is 6.96. The van der Waals surface area contributed by atoms with Gasteiger partial charge in [0.15, 0.2) is 0 Å². The largest absolute Gasteiger partial charge is 0.376 e. The van der Waals surface area contributed by atoms with E-state index in [1.165, 1.54) is 72.1 Å². The van der Waals surface area contributed by atoms with Crippen LogP contribution < -0.4 is 16.4 Å². The zero-order valence-corrected chi connectivity index (χ0v) is 29.0. The highest BCUT2D eigenvalue weighted by Gasteiger charge is 2.29. The third-order valence-electron chi connectivity index (χ3n) is 9.33. The molecule has 5 rings (SSSR count). The van der Waals surface area contributed by atoms with E-state index < -0.39 is 0 Å². The molecule has 232 valence electrons. The molecule has 0 bridgehead atoms. The lowest BCUT2D eigenvalue weighted by Crippen LogP contribution is -2.55. The first-order valence-electron chi connectivity index (χ1n) is 16.5. The fraction of sp³-hybridized carbons (Fsp3) is 0.341. The molecule has 4 heteroatoms. The van der Waals surface area contributed by atoms with Gasteiger partial charge in [-0.25, -0.2) is 4.98 Å². The maximum Gasteiger partial charge on any atom is 0.242 e. The third-order valence-corrected chi connectivity index (χ3v) is 9.33. The first-order chi connectivity index (χ1) is 21.5. The second kappa shape index (κ2) is 13.6.